The summed E-state index contributed by atoms with van der Waals surface area (Å²) in [6.07, 6.45) is 0.297. The summed E-state index contributed by atoms with van der Waals surface area (Å²) < 4.78 is 32.8. The largest absolute Gasteiger partial charge is 0.494 e. The molecule has 27 heavy (non-hydrogen) atoms. The van der Waals surface area contributed by atoms with Crippen LogP contribution in [0.3, 0.4) is 0 Å². The molecule has 1 amide bonds. The molecular formula is C19H21ClN2O4S. The molecule has 1 heterocycles. The average molecular weight is 409 g/mol. The van der Waals surface area contributed by atoms with Crippen molar-refractivity contribution in [3.63, 3.8) is 0 Å². The lowest BCUT2D eigenvalue weighted by Crippen LogP contribution is -2.31. The highest BCUT2D eigenvalue weighted by atomic mass is 35.5. The van der Waals surface area contributed by atoms with Gasteiger partial charge in [-0.25, -0.2) is 13.1 Å². The third-order valence-electron chi connectivity index (χ3n) is 4.33. The highest BCUT2D eigenvalue weighted by molar-refractivity contribution is 7.89. The SMILES string of the molecule is CCOc1ccc(N2CC(CNS(=O)(=O)c3cccc(Cl)c3)CC2=O)cc1. The molecule has 1 atom stereocenters. The molecule has 0 radical (unpaired) electrons. The number of ether oxygens (including phenoxy) is 1. The maximum Gasteiger partial charge on any atom is 0.240 e. The summed E-state index contributed by atoms with van der Waals surface area (Å²) in [4.78, 5) is 14.1. The first-order valence-electron chi connectivity index (χ1n) is 8.67. The summed E-state index contributed by atoms with van der Waals surface area (Å²) in [6, 6.07) is 13.4. The third-order valence-corrected chi connectivity index (χ3v) is 5.99. The first kappa shape index (κ1) is 19.7. The summed E-state index contributed by atoms with van der Waals surface area (Å²) in [5, 5.41) is 0.357. The van der Waals surface area contributed by atoms with Crippen molar-refractivity contribution < 1.29 is 17.9 Å². The first-order valence-corrected chi connectivity index (χ1v) is 10.5. The van der Waals surface area contributed by atoms with Crippen molar-refractivity contribution in [2.75, 3.05) is 24.6 Å². The number of amides is 1. The van der Waals surface area contributed by atoms with Crippen molar-refractivity contribution >= 4 is 33.2 Å². The number of carbonyl (C=O) groups excluding carboxylic acids is 1. The minimum atomic E-state index is -3.66. The number of hydrogen-bond acceptors (Lipinski definition) is 4. The van der Waals surface area contributed by atoms with Crippen molar-refractivity contribution in [1.29, 1.82) is 0 Å². The van der Waals surface area contributed by atoms with Gasteiger partial charge in [0.15, 0.2) is 0 Å². The molecular weight excluding hydrogens is 388 g/mol. The fourth-order valence-corrected chi connectivity index (χ4v) is 4.42. The van der Waals surface area contributed by atoms with E-state index in [4.69, 9.17) is 16.3 Å². The zero-order valence-corrected chi connectivity index (χ0v) is 16.5. The Labute approximate surface area is 164 Å². The standard InChI is InChI=1S/C19H21ClN2O4S/c1-2-26-17-8-6-16(7-9-17)22-13-14(10-19(22)23)12-21-27(24,25)18-5-3-4-15(20)11-18/h3-9,11,14,21H,2,10,12-13H2,1H3. The highest BCUT2D eigenvalue weighted by Crippen LogP contribution is 2.27. The fraction of sp³-hybridized carbons (Fsp3) is 0.316. The summed E-state index contributed by atoms with van der Waals surface area (Å²) in [5.74, 6) is 0.628. The zero-order valence-electron chi connectivity index (χ0n) is 14.9. The van der Waals surface area contributed by atoms with Gasteiger partial charge in [-0.1, -0.05) is 17.7 Å². The Morgan fingerprint density at radius 1 is 1.22 bits per heavy atom. The molecule has 0 aromatic heterocycles. The molecule has 2 aromatic carbocycles. The van der Waals surface area contributed by atoms with Gasteiger partial charge in [0, 0.05) is 30.2 Å². The van der Waals surface area contributed by atoms with E-state index in [0.717, 1.165) is 11.4 Å². The van der Waals surface area contributed by atoms with Crippen LogP contribution in [0, 0.1) is 5.92 Å². The van der Waals surface area contributed by atoms with Gasteiger partial charge in [0.2, 0.25) is 15.9 Å². The summed E-state index contributed by atoms with van der Waals surface area (Å²) in [7, 11) is -3.66. The van der Waals surface area contributed by atoms with Crippen LogP contribution in [0.4, 0.5) is 5.69 Å². The molecule has 2 aromatic rings. The predicted molar refractivity (Wildman–Crippen MR) is 105 cm³/mol. The molecule has 0 aliphatic carbocycles. The molecule has 1 N–H and O–H groups in total. The Balaban J connectivity index is 1.62. The summed E-state index contributed by atoms with van der Waals surface area (Å²) >= 11 is 5.86. The smallest absolute Gasteiger partial charge is 0.240 e. The predicted octanol–water partition coefficient (Wildman–Crippen LogP) is 3.07. The molecule has 6 nitrogen and oxygen atoms in total. The molecule has 0 spiro atoms. The molecule has 8 heteroatoms. The van der Waals surface area contributed by atoms with Crippen LogP contribution in [0.5, 0.6) is 5.75 Å². The Bertz CT molecular complexity index is 916. The first-order chi connectivity index (χ1) is 12.9. The molecule has 0 bridgehead atoms. The van der Waals surface area contributed by atoms with E-state index in [0.29, 0.717) is 24.6 Å². The van der Waals surface area contributed by atoms with Crippen molar-refractivity contribution in [1.82, 2.24) is 4.72 Å². The van der Waals surface area contributed by atoms with E-state index in [1.807, 2.05) is 31.2 Å². The van der Waals surface area contributed by atoms with E-state index in [1.54, 1.807) is 17.0 Å². The van der Waals surface area contributed by atoms with Gasteiger partial charge < -0.3 is 9.64 Å². The number of nitrogens with zero attached hydrogens (tertiary/aromatic N) is 1. The van der Waals surface area contributed by atoms with Crippen molar-refractivity contribution in [2.45, 2.75) is 18.2 Å². The van der Waals surface area contributed by atoms with Crippen LogP contribution in [0.2, 0.25) is 5.02 Å². The van der Waals surface area contributed by atoms with Crippen LogP contribution in [-0.4, -0.2) is 34.0 Å². The lowest BCUT2D eigenvalue weighted by molar-refractivity contribution is -0.117. The Morgan fingerprint density at radius 3 is 2.63 bits per heavy atom. The van der Waals surface area contributed by atoms with Crippen LogP contribution in [-0.2, 0) is 14.8 Å². The van der Waals surface area contributed by atoms with Gasteiger partial charge in [-0.15, -0.1) is 0 Å². The maximum absolute atomic E-state index is 12.4. The molecule has 1 saturated heterocycles. The molecule has 1 aliphatic rings. The lowest BCUT2D eigenvalue weighted by atomic mass is 10.1. The van der Waals surface area contributed by atoms with Crippen LogP contribution >= 0.6 is 11.6 Å². The molecule has 0 saturated carbocycles. The van der Waals surface area contributed by atoms with E-state index >= 15 is 0 Å². The van der Waals surface area contributed by atoms with E-state index < -0.39 is 10.0 Å². The summed E-state index contributed by atoms with van der Waals surface area (Å²) in [5.41, 5.74) is 0.781. The van der Waals surface area contributed by atoms with E-state index in [-0.39, 0.29) is 23.3 Å². The van der Waals surface area contributed by atoms with Gasteiger partial charge in [0.05, 0.1) is 11.5 Å². The highest BCUT2D eigenvalue weighted by Gasteiger charge is 2.31. The minimum absolute atomic E-state index is 0.0221. The fourth-order valence-electron chi connectivity index (χ4n) is 3.00. The Hall–Kier alpha value is -2.09. The van der Waals surface area contributed by atoms with Crippen LogP contribution in [0.15, 0.2) is 53.4 Å². The van der Waals surface area contributed by atoms with Crippen molar-refractivity contribution in [3.05, 3.63) is 53.6 Å². The van der Waals surface area contributed by atoms with Gasteiger partial charge in [-0.3, -0.25) is 4.79 Å². The second-order valence-corrected chi connectivity index (χ2v) is 8.51. The normalized spacial score (nSPS) is 17.3. The van der Waals surface area contributed by atoms with Gasteiger partial charge >= 0.3 is 0 Å². The average Bonchev–Trinajstić information content (AvgIpc) is 3.02. The topological polar surface area (TPSA) is 75.7 Å². The van der Waals surface area contributed by atoms with Crippen molar-refractivity contribution in [2.24, 2.45) is 5.92 Å². The van der Waals surface area contributed by atoms with Crippen LogP contribution < -0.4 is 14.4 Å². The van der Waals surface area contributed by atoms with Gasteiger partial charge in [-0.2, -0.15) is 0 Å². The monoisotopic (exact) mass is 408 g/mol. The quantitative estimate of drug-likeness (QED) is 0.763. The van der Waals surface area contributed by atoms with E-state index in [2.05, 4.69) is 4.72 Å². The molecule has 3 rings (SSSR count). The number of carbonyl (C=O) groups is 1. The summed E-state index contributed by atoms with van der Waals surface area (Å²) in [6.45, 7) is 3.14. The third kappa shape index (κ3) is 4.80. The molecule has 1 fully saturated rings. The lowest BCUT2D eigenvalue weighted by Gasteiger charge is -2.17. The van der Waals surface area contributed by atoms with Crippen LogP contribution in [0.1, 0.15) is 13.3 Å². The Morgan fingerprint density at radius 2 is 1.96 bits per heavy atom. The van der Waals surface area contributed by atoms with Crippen LogP contribution in [0.25, 0.3) is 0 Å². The molecule has 144 valence electrons. The number of rotatable bonds is 7. The van der Waals surface area contributed by atoms with Gasteiger partial charge in [-0.05, 0) is 55.3 Å². The van der Waals surface area contributed by atoms with Gasteiger partial charge in [0.1, 0.15) is 5.75 Å². The van der Waals surface area contributed by atoms with Crippen molar-refractivity contribution in [3.8, 4) is 5.75 Å². The minimum Gasteiger partial charge on any atom is -0.494 e. The number of nitrogens with one attached hydrogen (secondary N) is 1. The number of halogens is 1. The van der Waals surface area contributed by atoms with E-state index in [1.165, 1.54) is 12.1 Å². The number of benzene rings is 2. The van der Waals surface area contributed by atoms with E-state index in [9.17, 15) is 13.2 Å². The zero-order chi connectivity index (χ0) is 19.4. The Kier molecular flexibility index (Phi) is 6.04. The second kappa shape index (κ2) is 8.29. The molecule has 1 aliphatic heterocycles. The second-order valence-electron chi connectivity index (χ2n) is 6.31. The number of hydrogen-bond donors (Lipinski definition) is 1. The number of sulfonamides is 1. The molecule has 1 unspecified atom stereocenters. The maximum atomic E-state index is 12.4. The van der Waals surface area contributed by atoms with Gasteiger partial charge in [0.25, 0.3) is 0 Å². The number of anilines is 1.